The number of H-pyrrole nitrogens is 1. The molecule has 2 N–H and O–H groups in total. The lowest BCUT2D eigenvalue weighted by atomic mass is 10.0. The molecule has 7 rings (SSSR count). The average Bonchev–Trinajstić information content (AvgIpc) is 3.73. The van der Waals surface area contributed by atoms with E-state index in [2.05, 4.69) is 30.2 Å². The summed E-state index contributed by atoms with van der Waals surface area (Å²) in [5.74, 6) is -0.345. The molecule has 274 valence electrons. The number of aromatic nitrogens is 6. The number of anilines is 5. The fraction of sp³-hybridized carbons (Fsp3) is 0.211. The van der Waals surface area contributed by atoms with Gasteiger partial charge >= 0.3 is 17.9 Å². The molecule has 4 atom stereocenters. The number of carbonyl (C=O) groups is 3. The Kier molecular flexibility index (Phi) is 10.1. The van der Waals surface area contributed by atoms with Crippen LogP contribution in [-0.4, -0.2) is 72.3 Å². The lowest BCUT2D eigenvalue weighted by molar-refractivity contribution is -0.166. The number of benzene rings is 2. The minimum atomic E-state index is -1.18. The fourth-order valence-corrected chi connectivity index (χ4v) is 6.13. The van der Waals surface area contributed by atoms with Gasteiger partial charge in [0, 0.05) is 44.5 Å². The number of nitrogens with zero attached hydrogens (tertiary/aromatic N) is 6. The van der Waals surface area contributed by atoms with Gasteiger partial charge in [-0.05, 0) is 59.7 Å². The quantitative estimate of drug-likeness (QED) is 0.132. The van der Waals surface area contributed by atoms with Gasteiger partial charge in [0.2, 0.25) is 5.95 Å². The largest absolute Gasteiger partial charge is 0.463 e. The summed E-state index contributed by atoms with van der Waals surface area (Å²) in [6.45, 7) is 3.32. The van der Waals surface area contributed by atoms with Gasteiger partial charge in [-0.3, -0.25) is 33.6 Å². The van der Waals surface area contributed by atoms with Crippen molar-refractivity contribution < 1.29 is 33.3 Å². The molecule has 0 amide bonds. The van der Waals surface area contributed by atoms with Gasteiger partial charge in [0.25, 0.3) is 5.56 Å². The van der Waals surface area contributed by atoms with Crippen molar-refractivity contribution >= 4 is 58.0 Å². The fourth-order valence-electron chi connectivity index (χ4n) is 6.13. The maximum absolute atomic E-state index is 13.1. The van der Waals surface area contributed by atoms with Crippen LogP contribution < -0.4 is 15.8 Å². The zero-order valence-corrected chi connectivity index (χ0v) is 29.3. The predicted octanol–water partition coefficient (Wildman–Crippen LogP) is 5.11. The summed E-state index contributed by atoms with van der Waals surface area (Å²) >= 11 is 0. The molecule has 16 nitrogen and oxygen atoms in total. The average molecular weight is 731 g/mol. The molecular weight excluding hydrogens is 696 g/mol. The summed E-state index contributed by atoms with van der Waals surface area (Å²) in [5, 5.41) is 3.12. The van der Waals surface area contributed by atoms with E-state index in [1.165, 1.54) is 31.7 Å². The Balaban J connectivity index is 1.13. The third-order valence-corrected chi connectivity index (χ3v) is 8.41. The van der Waals surface area contributed by atoms with Crippen molar-refractivity contribution in [3.05, 3.63) is 114 Å². The lowest BCUT2D eigenvalue weighted by Gasteiger charge is -2.23. The smallest absolute Gasteiger partial charge is 0.303 e. The number of pyridine rings is 2. The van der Waals surface area contributed by atoms with Crippen LogP contribution >= 0.6 is 0 Å². The van der Waals surface area contributed by atoms with E-state index in [0.717, 1.165) is 28.5 Å². The number of hydrogen-bond acceptors (Lipinski definition) is 14. The molecule has 0 spiro atoms. The number of imidazole rings is 1. The molecule has 0 aliphatic carbocycles. The number of hydrogen-bond donors (Lipinski definition) is 2. The van der Waals surface area contributed by atoms with Crippen LogP contribution in [0.2, 0.25) is 0 Å². The summed E-state index contributed by atoms with van der Waals surface area (Å²) in [6, 6.07) is 27.0. The maximum atomic E-state index is 13.1. The Bertz CT molecular complexity index is 2290. The Morgan fingerprint density at radius 3 is 1.98 bits per heavy atom. The van der Waals surface area contributed by atoms with Crippen LogP contribution in [0.25, 0.3) is 22.3 Å². The molecule has 1 aliphatic heterocycles. The molecule has 54 heavy (non-hydrogen) atoms. The number of nitrogens with one attached hydrogen (secondary N) is 2. The molecule has 6 aromatic rings. The summed E-state index contributed by atoms with van der Waals surface area (Å²) in [5.41, 5.74) is 2.99. The van der Waals surface area contributed by atoms with Crippen LogP contribution in [0.5, 0.6) is 0 Å². The predicted molar refractivity (Wildman–Crippen MR) is 195 cm³/mol. The zero-order chi connectivity index (χ0) is 37.8. The van der Waals surface area contributed by atoms with Gasteiger partial charge in [-0.15, -0.1) is 0 Å². The van der Waals surface area contributed by atoms with Crippen LogP contribution in [0, 0.1) is 0 Å². The Hall–Kier alpha value is -6.94. The van der Waals surface area contributed by atoms with Crippen LogP contribution in [-0.2, 0) is 33.3 Å². The van der Waals surface area contributed by atoms with Gasteiger partial charge in [0.05, 0.1) is 6.33 Å². The second kappa shape index (κ2) is 15.3. The molecule has 1 fully saturated rings. The monoisotopic (exact) mass is 730 g/mol. The van der Waals surface area contributed by atoms with Gasteiger partial charge < -0.3 is 24.3 Å². The molecule has 2 aromatic carbocycles. The van der Waals surface area contributed by atoms with Gasteiger partial charge in [-0.2, -0.15) is 4.98 Å². The van der Waals surface area contributed by atoms with E-state index >= 15 is 0 Å². The van der Waals surface area contributed by atoms with Gasteiger partial charge in [-0.25, -0.2) is 15.0 Å². The highest BCUT2D eigenvalue weighted by atomic mass is 16.7. The lowest BCUT2D eigenvalue weighted by Crippen LogP contribution is -2.40. The summed E-state index contributed by atoms with van der Waals surface area (Å²) in [7, 11) is 0. The highest BCUT2D eigenvalue weighted by Gasteiger charge is 2.51. The Labute approximate surface area is 307 Å². The van der Waals surface area contributed by atoms with E-state index in [1.807, 2.05) is 89.8 Å². The van der Waals surface area contributed by atoms with Crippen LogP contribution in [0.4, 0.5) is 29.0 Å². The SMILES string of the molecule is CC(=O)OC[C@H]1O[C@@H](n2cnc3c(=O)[nH]c(Nc4ccc(-c5ccc(N(c6ccccn6)c6ccccn6)cc5)cc4)nc32)[C@H](OC(C)=O)[C@@H]1OC(C)=O. The molecular formula is C38H34N8O8. The van der Waals surface area contributed by atoms with Crippen LogP contribution in [0.15, 0.2) is 108 Å². The molecule has 16 heteroatoms. The first-order chi connectivity index (χ1) is 26.1. The second-order valence-electron chi connectivity index (χ2n) is 12.2. The standard InChI is InChI=1S/C38H34N8O8/c1-22(47)51-20-29-33(52-23(2)48)34(53-24(3)49)37(54-29)45-21-41-32-35(45)43-38(44-36(32)50)42-27-14-10-25(11-15-27)26-12-16-28(17-13-26)46(30-8-4-6-18-39-30)31-9-5-7-19-40-31/h4-19,21,29,33-34,37H,20H2,1-3H3,(H2,42,43,44,50)/t29-,33-,34-,37-/m1/s1. The molecule has 0 unspecified atom stereocenters. The topological polar surface area (TPSA) is 193 Å². The van der Waals surface area contributed by atoms with Crippen LogP contribution in [0.3, 0.4) is 0 Å². The first-order valence-corrected chi connectivity index (χ1v) is 16.8. The van der Waals surface area contributed by atoms with Crippen LogP contribution in [0.1, 0.15) is 27.0 Å². The van der Waals surface area contributed by atoms with Crippen molar-refractivity contribution in [2.75, 3.05) is 16.8 Å². The minimum absolute atomic E-state index is 0.0124. The molecule has 0 radical (unpaired) electrons. The Morgan fingerprint density at radius 1 is 0.796 bits per heavy atom. The number of aromatic amines is 1. The Morgan fingerprint density at radius 2 is 1.41 bits per heavy atom. The molecule has 0 bridgehead atoms. The summed E-state index contributed by atoms with van der Waals surface area (Å²) in [6.07, 6.45) is 0.328. The first-order valence-electron chi connectivity index (χ1n) is 16.8. The highest BCUT2D eigenvalue weighted by molar-refractivity contribution is 5.76. The van der Waals surface area contributed by atoms with Crippen molar-refractivity contribution in [1.29, 1.82) is 0 Å². The molecule has 0 saturated carbocycles. The zero-order valence-electron chi connectivity index (χ0n) is 29.3. The molecule has 1 saturated heterocycles. The van der Waals surface area contributed by atoms with Crippen molar-refractivity contribution in [3.8, 4) is 11.1 Å². The van der Waals surface area contributed by atoms with Gasteiger partial charge in [0.15, 0.2) is 29.6 Å². The van der Waals surface area contributed by atoms with Gasteiger partial charge in [-0.1, -0.05) is 36.4 Å². The summed E-state index contributed by atoms with van der Waals surface area (Å²) < 4.78 is 23.7. The van der Waals surface area contributed by atoms with E-state index in [0.29, 0.717) is 5.69 Å². The van der Waals surface area contributed by atoms with Crippen molar-refractivity contribution in [2.24, 2.45) is 0 Å². The number of carbonyl (C=O) groups excluding carboxylic acids is 3. The van der Waals surface area contributed by atoms with E-state index in [1.54, 1.807) is 12.4 Å². The van der Waals surface area contributed by atoms with Crippen molar-refractivity contribution in [1.82, 2.24) is 29.5 Å². The normalized spacial score (nSPS) is 17.8. The number of rotatable bonds is 11. The third-order valence-electron chi connectivity index (χ3n) is 8.41. The number of ether oxygens (including phenoxy) is 4. The minimum Gasteiger partial charge on any atom is -0.463 e. The third kappa shape index (κ3) is 7.63. The van der Waals surface area contributed by atoms with E-state index < -0.39 is 48.0 Å². The number of esters is 3. The van der Waals surface area contributed by atoms with Gasteiger partial charge in [0.1, 0.15) is 24.3 Å². The highest BCUT2D eigenvalue weighted by Crippen LogP contribution is 2.36. The summed E-state index contributed by atoms with van der Waals surface area (Å²) in [4.78, 5) is 71.4. The molecule has 5 heterocycles. The van der Waals surface area contributed by atoms with E-state index in [-0.39, 0.29) is 23.7 Å². The second-order valence-corrected chi connectivity index (χ2v) is 12.2. The van der Waals surface area contributed by atoms with E-state index in [4.69, 9.17) is 18.9 Å². The maximum Gasteiger partial charge on any atom is 0.303 e. The molecule has 1 aliphatic rings. The van der Waals surface area contributed by atoms with Crippen molar-refractivity contribution in [3.63, 3.8) is 0 Å². The first kappa shape index (κ1) is 35.5. The van der Waals surface area contributed by atoms with E-state index in [9.17, 15) is 19.2 Å². The number of fused-ring (bicyclic) bond motifs is 1. The van der Waals surface area contributed by atoms with Crippen molar-refractivity contribution in [2.45, 2.75) is 45.3 Å². The molecule has 4 aromatic heterocycles.